The van der Waals surface area contributed by atoms with E-state index >= 15 is 0 Å². The van der Waals surface area contributed by atoms with Gasteiger partial charge in [-0.1, -0.05) is 6.07 Å². The first-order valence-corrected chi connectivity index (χ1v) is 6.52. The number of rotatable bonds is 5. The van der Waals surface area contributed by atoms with Gasteiger partial charge < -0.3 is 15.5 Å². The van der Waals surface area contributed by atoms with Gasteiger partial charge in [0.1, 0.15) is 11.5 Å². The van der Waals surface area contributed by atoms with Crippen molar-refractivity contribution in [2.45, 2.75) is 6.42 Å². The van der Waals surface area contributed by atoms with Crippen molar-refractivity contribution in [1.29, 1.82) is 0 Å². The highest BCUT2D eigenvalue weighted by atomic mass is 16.3. The third-order valence-electron chi connectivity index (χ3n) is 2.87. The Morgan fingerprint density at radius 1 is 1.29 bits per heavy atom. The molecule has 5 heteroatoms. The largest absolute Gasteiger partial charge is 0.508 e. The maximum absolute atomic E-state index is 11.6. The summed E-state index contributed by atoms with van der Waals surface area (Å²) in [6.07, 6.45) is 6.87. The maximum Gasteiger partial charge on any atom is 0.244 e. The van der Waals surface area contributed by atoms with E-state index in [-0.39, 0.29) is 17.4 Å². The summed E-state index contributed by atoms with van der Waals surface area (Å²) in [4.78, 5) is 15.6. The van der Waals surface area contributed by atoms with Crippen molar-refractivity contribution in [2.24, 2.45) is 0 Å². The van der Waals surface area contributed by atoms with Crippen LogP contribution in [0, 0.1) is 0 Å². The molecule has 0 unspecified atom stereocenters. The lowest BCUT2D eigenvalue weighted by molar-refractivity contribution is -0.116. The fraction of sp³-hybridized carbons (Fsp3) is 0.125. The van der Waals surface area contributed by atoms with Crippen LogP contribution < -0.4 is 5.32 Å². The first-order valence-electron chi connectivity index (χ1n) is 6.52. The minimum atomic E-state index is -0.224. The minimum absolute atomic E-state index is 0.0885. The Hall–Kier alpha value is -2.82. The van der Waals surface area contributed by atoms with Crippen LogP contribution in [0.25, 0.3) is 6.08 Å². The number of carbonyl (C=O) groups excluding carboxylic acids is 1. The third kappa shape index (κ3) is 4.65. The molecule has 0 saturated carbocycles. The van der Waals surface area contributed by atoms with Crippen LogP contribution in [0.1, 0.15) is 11.1 Å². The van der Waals surface area contributed by atoms with Gasteiger partial charge in [0.15, 0.2) is 0 Å². The van der Waals surface area contributed by atoms with Crippen molar-refractivity contribution in [2.75, 3.05) is 6.54 Å². The lowest BCUT2D eigenvalue weighted by atomic mass is 10.1. The minimum Gasteiger partial charge on any atom is -0.508 e. The molecule has 0 aliphatic rings. The van der Waals surface area contributed by atoms with Gasteiger partial charge in [-0.3, -0.25) is 9.78 Å². The summed E-state index contributed by atoms with van der Waals surface area (Å²) in [5.74, 6) is -0.0305. The van der Waals surface area contributed by atoms with E-state index in [1.54, 1.807) is 24.5 Å². The quantitative estimate of drug-likeness (QED) is 0.578. The molecule has 0 aliphatic heterocycles. The summed E-state index contributed by atoms with van der Waals surface area (Å²) in [7, 11) is 0. The molecule has 1 amide bonds. The molecule has 0 bridgehead atoms. The Kier molecular flexibility index (Phi) is 4.93. The Labute approximate surface area is 122 Å². The molecular weight excluding hydrogens is 268 g/mol. The van der Waals surface area contributed by atoms with Gasteiger partial charge in [0.25, 0.3) is 0 Å². The second-order valence-corrected chi connectivity index (χ2v) is 4.47. The maximum atomic E-state index is 11.6. The lowest BCUT2D eigenvalue weighted by Gasteiger charge is -2.05. The summed E-state index contributed by atoms with van der Waals surface area (Å²) in [6.45, 7) is 0.368. The van der Waals surface area contributed by atoms with Crippen LogP contribution in [-0.4, -0.2) is 27.6 Å². The van der Waals surface area contributed by atoms with Crippen LogP contribution in [0.2, 0.25) is 0 Å². The van der Waals surface area contributed by atoms with Crippen molar-refractivity contribution in [3.63, 3.8) is 0 Å². The fourth-order valence-electron chi connectivity index (χ4n) is 1.80. The lowest BCUT2D eigenvalue weighted by Crippen LogP contribution is -2.23. The first-order chi connectivity index (χ1) is 10.1. The number of nitrogens with zero attached hydrogens (tertiary/aromatic N) is 1. The van der Waals surface area contributed by atoms with Gasteiger partial charge in [0, 0.05) is 25.0 Å². The molecule has 2 rings (SSSR count). The molecule has 0 saturated heterocycles. The Bertz CT molecular complexity index is 639. The molecule has 0 atom stereocenters. The summed E-state index contributed by atoms with van der Waals surface area (Å²) in [5.41, 5.74) is 1.44. The molecule has 108 valence electrons. The molecule has 1 aromatic carbocycles. The number of pyridine rings is 1. The molecule has 5 nitrogen and oxygen atoms in total. The number of nitrogens with one attached hydrogen (secondary N) is 1. The van der Waals surface area contributed by atoms with Crippen LogP contribution >= 0.6 is 0 Å². The highest BCUT2D eigenvalue weighted by Crippen LogP contribution is 2.21. The number of phenols is 2. The SMILES string of the molecule is O=C(/C=C/c1cccnc1)NCCc1cc(O)ccc1O. The molecule has 2 aromatic rings. The highest BCUT2D eigenvalue weighted by Gasteiger charge is 2.03. The van der Waals surface area contributed by atoms with E-state index in [1.807, 2.05) is 6.07 Å². The van der Waals surface area contributed by atoms with Crippen molar-refractivity contribution in [3.05, 3.63) is 59.9 Å². The highest BCUT2D eigenvalue weighted by molar-refractivity contribution is 5.91. The van der Waals surface area contributed by atoms with Gasteiger partial charge in [-0.05, 0) is 47.9 Å². The van der Waals surface area contributed by atoms with Crippen molar-refractivity contribution >= 4 is 12.0 Å². The zero-order valence-corrected chi connectivity index (χ0v) is 11.4. The van der Waals surface area contributed by atoms with E-state index in [2.05, 4.69) is 10.3 Å². The molecule has 0 spiro atoms. The van der Waals surface area contributed by atoms with Gasteiger partial charge in [0.2, 0.25) is 5.91 Å². The Morgan fingerprint density at radius 2 is 2.14 bits per heavy atom. The molecule has 1 heterocycles. The number of aromatic hydroxyl groups is 2. The second-order valence-electron chi connectivity index (χ2n) is 4.47. The smallest absolute Gasteiger partial charge is 0.244 e. The number of aromatic nitrogens is 1. The van der Waals surface area contributed by atoms with Gasteiger partial charge in [-0.15, -0.1) is 0 Å². The van der Waals surface area contributed by atoms with E-state index < -0.39 is 0 Å². The predicted octanol–water partition coefficient (Wildman–Crippen LogP) is 1.86. The third-order valence-corrected chi connectivity index (χ3v) is 2.87. The average Bonchev–Trinajstić information content (AvgIpc) is 2.50. The molecule has 0 radical (unpaired) electrons. The summed E-state index contributed by atoms with van der Waals surface area (Å²) in [6, 6.07) is 7.96. The number of phenolic OH excluding ortho intramolecular Hbond substituents is 2. The van der Waals surface area contributed by atoms with E-state index in [9.17, 15) is 15.0 Å². The second kappa shape index (κ2) is 7.09. The van der Waals surface area contributed by atoms with E-state index in [0.29, 0.717) is 18.5 Å². The molecule has 21 heavy (non-hydrogen) atoms. The van der Waals surface area contributed by atoms with Crippen LogP contribution in [0.4, 0.5) is 0 Å². The zero-order chi connectivity index (χ0) is 15.1. The molecule has 3 N–H and O–H groups in total. The summed E-state index contributed by atoms with van der Waals surface area (Å²) >= 11 is 0. The topological polar surface area (TPSA) is 82.5 Å². The molecule has 0 aliphatic carbocycles. The van der Waals surface area contributed by atoms with E-state index in [0.717, 1.165) is 5.56 Å². The average molecular weight is 284 g/mol. The van der Waals surface area contributed by atoms with Crippen molar-refractivity contribution in [3.8, 4) is 11.5 Å². The number of benzene rings is 1. The summed E-state index contributed by atoms with van der Waals surface area (Å²) in [5, 5.41) is 21.7. The van der Waals surface area contributed by atoms with Gasteiger partial charge in [0.05, 0.1) is 0 Å². The van der Waals surface area contributed by atoms with Crippen LogP contribution in [-0.2, 0) is 11.2 Å². The first kappa shape index (κ1) is 14.6. The number of amides is 1. The van der Waals surface area contributed by atoms with Gasteiger partial charge >= 0.3 is 0 Å². The fourth-order valence-corrected chi connectivity index (χ4v) is 1.80. The van der Waals surface area contributed by atoms with E-state index in [4.69, 9.17) is 0 Å². The van der Waals surface area contributed by atoms with Crippen LogP contribution in [0.15, 0.2) is 48.8 Å². The zero-order valence-electron chi connectivity index (χ0n) is 11.4. The molecular formula is C16H16N2O3. The van der Waals surface area contributed by atoms with Crippen LogP contribution in [0.3, 0.4) is 0 Å². The normalized spacial score (nSPS) is 10.7. The predicted molar refractivity (Wildman–Crippen MR) is 79.8 cm³/mol. The molecule has 1 aromatic heterocycles. The number of hydrogen-bond acceptors (Lipinski definition) is 4. The van der Waals surface area contributed by atoms with Gasteiger partial charge in [-0.2, -0.15) is 0 Å². The molecule has 0 fully saturated rings. The Balaban J connectivity index is 1.82. The monoisotopic (exact) mass is 284 g/mol. The van der Waals surface area contributed by atoms with Crippen molar-refractivity contribution < 1.29 is 15.0 Å². The van der Waals surface area contributed by atoms with Crippen LogP contribution in [0.5, 0.6) is 11.5 Å². The van der Waals surface area contributed by atoms with Crippen molar-refractivity contribution in [1.82, 2.24) is 10.3 Å². The van der Waals surface area contributed by atoms with Gasteiger partial charge in [-0.25, -0.2) is 0 Å². The number of hydrogen-bond donors (Lipinski definition) is 3. The summed E-state index contributed by atoms with van der Waals surface area (Å²) < 4.78 is 0. The van der Waals surface area contributed by atoms with E-state index in [1.165, 1.54) is 24.3 Å². The standard InChI is InChI=1S/C16H16N2O3/c19-14-4-5-15(20)13(10-14)7-9-18-16(21)6-3-12-2-1-8-17-11-12/h1-6,8,10-11,19-20H,7,9H2,(H,18,21)/b6-3+. The Morgan fingerprint density at radius 3 is 2.90 bits per heavy atom. The number of carbonyl (C=O) groups is 1.